The molecule has 13 heteroatoms. The Morgan fingerprint density at radius 2 is 1.86 bits per heavy atom. The van der Waals surface area contributed by atoms with Gasteiger partial charge in [-0.1, -0.05) is 18.2 Å². The van der Waals surface area contributed by atoms with Crippen LogP contribution in [0.5, 0.6) is 0 Å². The van der Waals surface area contributed by atoms with E-state index < -0.39 is 35.7 Å². The van der Waals surface area contributed by atoms with Crippen molar-refractivity contribution in [3.8, 4) is 0 Å². The van der Waals surface area contributed by atoms with Gasteiger partial charge in [0.1, 0.15) is 24.0 Å². The molecule has 1 aliphatic rings. The number of fused-ring (bicyclic) bond motifs is 1. The average Bonchev–Trinajstić information content (AvgIpc) is 3.40. The second-order valence-corrected chi connectivity index (χ2v) is 9.43. The lowest BCUT2D eigenvalue weighted by Crippen LogP contribution is -2.44. The highest BCUT2D eigenvalue weighted by molar-refractivity contribution is 6.06. The summed E-state index contributed by atoms with van der Waals surface area (Å²) in [6.45, 7) is 5.16. The van der Waals surface area contributed by atoms with Crippen LogP contribution < -0.4 is 10.6 Å². The van der Waals surface area contributed by atoms with Gasteiger partial charge < -0.3 is 29.9 Å². The summed E-state index contributed by atoms with van der Waals surface area (Å²) < 4.78 is 6.65. The standard InChI is InChI=1S/C24H27N7O6/c1-24(2,3)37-23(36)25-9-10-30-16(22(34)35)11-15(21(30)33)31-13-28-17-18(26-12-27-19(17)31)29-20(32)14-7-5-4-6-8-14/h4-8,12-13,15-16H,9-11H2,1-3H3,(H,25,36)(H,34,35)(H,26,27,29,32)/t15-,16-/m0/s1. The molecule has 194 valence electrons. The van der Waals surface area contributed by atoms with Gasteiger partial charge in [-0.25, -0.2) is 24.5 Å². The number of nitrogens with one attached hydrogen (secondary N) is 2. The Balaban J connectivity index is 1.52. The van der Waals surface area contributed by atoms with Gasteiger partial charge in [-0.2, -0.15) is 0 Å². The lowest BCUT2D eigenvalue weighted by atomic mass is 10.1. The van der Waals surface area contributed by atoms with E-state index in [2.05, 4.69) is 25.6 Å². The van der Waals surface area contributed by atoms with Crippen LogP contribution in [0.25, 0.3) is 11.2 Å². The van der Waals surface area contributed by atoms with Gasteiger partial charge in [-0.05, 0) is 32.9 Å². The van der Waals surface area contributed by atoms with Gasteiger partial charge in [0, 0.05) is 25.1 Å². The second kappa shape index (κ2) is 10.2. The SMILES string of the molecule is CC(C)(C)OC(=O)NCCN1C(=O)[C@@H](n2cnc3c(NC(=O)c4ccccc4)ncnc32)C[C@H]1C(=O)O. The first kappa shape index (κ1) is 25.5. The van der Waals surface area contributed by atoms with Crippen LogP contribution >= 0.6 is 0 Å². The molecular formula is C24H27N7O6. The van der Waals surface area contributed by atoms with Gasteiger partial charge in [-0.15, -0.1) is 0 Å². The van der Waals surface area contributed by atoms with Gasteiger partial charge in [0.25, 0.3) is 5.91 Å². The summed E-state index contributed by atoms with van der Waals surface area (Å²) in [7, 11) is 0. The lowest BCUT2D eigenvalue weighted by Gasteiger charge is -2.23. The normalized spacial score (nSPS) is 17.6. The minimum absolute atomic E-state index is 0.0136. The molecule has 2 aromatic heterocycles. The maximum absolute atomic E-state index is 13.3. The average molecular weight is 510 g/mol. The second-order valence-electron chi connectivity index (χ2n) is 9.43. The lowest BCUT2D eigenvalue weighted by molar-refractivity contribution is -0.146. The van der Waals surface area contributed by atoms with Crippen LogP contribution in [0.15, 0.2) is 43.0 Å². The fourth-order valence-corrected chi connectivity index (χ4v) is 4.05. The van der Waals surface area contributed by atoms with E-state index in [1.54, 1.807) is 51.1 Å². The third-order valence-electron chi connectivity index (χ3n) is 5.66. The Kier molecular flexibility index (Phi) is 7.05. The van der Waals surface area contributed by atoms with Gasteiger partial charge in [0.15, 0.2) is 17.0 Å². The monoisotopic (exact) mass is 509 g/mol. The van der Waals surface area contributed by atoms with Crippen LogP contribution in [-0.4, -0.2) is 78.1 Å². The van der Waals surface area contributed by atoms with E-state index in [0.29, 0.717) is 5.56 Å². The van der Waals surface area contributed by atoms with Crippen molar-refractivity contribution >= 4 is 40.9 Å². The number of hydrogen-bond acceptors (Lipinski definition) is 8. The van der Waals surface area contributed by atoms with Crippen molar-refractivity contribution in [2.75, 3.05) is 18.4 Å². The maximum Gasteiger partial charge on any atom is 0.407 e. The number of carbonyl (C=O) groups excluding carboxylic acids is 3. The molecule has 1 aromatic carbocycles. The van der Waals surface area contributed by atoms with Crippen molar-refractivity contribution in [1.82, 2.24) is 29.7 Å². The quantitative estimate of drug-likeness (QED) is 0.430. The number of carboxylic acids is 1. The van der Waals surface area contributed by atoms with Crippen molar-refractivity contribution in [1.29, 1.82) is 0 Å². The highest BCUT2D eigenvalue weighted by atomic mass is 16.6. The number of ether oxygens (including phenoxy) is 1. The summed E-state index contributed by atoms with van der Waals surface area (Å²) in [5.74, 6) is -1.84. The van der Waals surface area contributed by atoms with E-state index in [-0.39, 0.29) is 42.4 Å². The third-order valence-corrected chi connectivity index (χ3v) is 5.66. The Morgan fingerprint density at radius 1 is 1.14 bits per heavy atom. The molecule has 0 unspecified atom stereocenters. The number of hydrogen-bond donors (Lipinski definition) is 3. The molecule has 0 radical (unpaired) electrons. The van der Waals surface area contributed by atoms with E-state index in [1.165, 1.54) is 22.1 Å². The zero-order valence-electron chi connectivity index (χ0n) is 20.5. The number of likely N-dealkylation sites (tertiary alicyclic amines) is 1. The Hall–Kier alpha value is -4.55. The molecule has 1 fully saturated rings. The van der Waals surface area contributed by atoms with Crippen molar-refractivity contribution in [3.63, 3.8) is 0 Å². The molecule has 3 N–H and O–H groups in total. The van der Waals surface area contributed by atoms with Crippen LogP contribution in [-0.2, 0) is 14.3 Å². The molecule has 13 nitrogen and oxygen atoms in total. The van der Waals surface area contributed by atoms with Crippen molar-refractivity contribution in [2.45, 2.75) is 44.9 Å². The number of aliphatic carboxylic acids is 1. The fourth-order valence-electron chi connectivity index (χ4n) is 4.05. The Morgan fingerprint density at radius 3 is 2.54 bits per heavy atom. The molecule has 3 aromatic rings. The number of imidazole rings is 1. The number of aromatic nitrogens is 4. The molecule has 0 bridgehead atoms. The first-order chi connectivity index (χ1) is 17.5. The number of nitrogens with zero attached hydrogens (tertiary/aromatic N) is 5. The summed E-state index contributed by atoms with van der Waals surface area (Å²) in [5, 5.41) is 15.0. The Bertz CT molecular complexity index is 1330. The van der Waals surface area contributed by atoms with E-state index >= 15 is 0 Å². The molecule has 37 heavy (non-hydrogen) atoms. The molecule has 0 aliphatic carbocycles. The van der Waals surface area contributed by atoms with Crippen LogP contribution in [0.4, 0.5) is 10.6 Å². The van der Waals surface area contributed by atoms with Gasteiger partial charge >= 0.3 is 12.1 Å². The molecule has 1 aliphatic heterocycles. The largest absolute Gasteiger partial charge is 0.480 e. The zero-order valence-corrected chi connectivity index (χ0v) is 20.5. The van der Waals surface area contributed by atoms with Crippen LogP contribution in [0.3, 0.4) is 0 Å². The summed E-state index contributed by atoms with van der Waals surface area (Å²) in [5.41, 5.74) is 0.275. The molecule has 4 rings (SSSR count). The number of rotatable bonds is 7. The number of alkyl carbamates (subject to hydrolysis) is 1. The fraction of sp³-hybridized carbons (Fsp3) is 0.375. The van der Waals surface area contributed by atoms with Gasteiger partial charge in [0.05, 0.1) is 6.33 Å². The molecule has 3 heterocycles. The number of benzene rings is 1. The predicted molar refractivity (Wildman–Crippen MR) is 131 cm³/mol. The minimum Gasteiger partial charge on any atom is -0.480 e. The van der Waals surface area contributed by atoms with E-state index in [1.807, 2.05) is 0 Å². The van der Waals surface area contributed by atoms with E-state index in [9.17, 15) is 24.3 Å². The van der Waals surface area contributed by atoms with E-state index in [0.717, 1.165) is 0 Å². The van der Waals surface area contributed by atoms with E-state index in [4.69, 9.17) is 4.74 Å². The molecule has 1 saturated heterocycles. The number of anilines is 1. The first-order valence-corrected chi connectivity index (χ1v) is 11.6. The first-order valence-electron chi connectivity index (χ1n) is 11.6. The summed E-state index contributed by atoms with van der Waals surface area (Å²) >= 11 is 0. The number of carbonyl (C=O) groups is 4. The molecule has 3 amide bonds. The number of carboxylic acid groups (broad SMARTS) is 1. The van der Waals surface area contributed by atoms with Crippen molar-refractivity contribution in [3.05, 3.63) is 48.5 Å². The van der Waals surface area contributed by atoms with Crippen LogP contribution in [0.2, 0.25) is 0 Å². The number of amides is 3. The minimum atomic E-state index is -1.16. The molecule has 0 saturated carbocycles. The van der Waals surface area contributed by atoms with Crippen molar-refractivity contribution < 1.29 is 29.0 Å². The van der Waals surface area contributed by atoms with Crippen molar-refractivity contribution in [2.24, 2.45) is 0 Å². The van der Waals surface area contributed by atoms with Crippen LogP contribution in [0.1, 0.15) is 43.6 Å². The zero-order chi connectivity index (χ0) is 26.7. The Labute approximate surface area is 211 Å². The topological polar surface area (TPSA) is 169 Å². The third kappa shape index (κ3) is 5.66. The molecular weight excluding hydrogens is 482 g/mol. The van der Waals surface area contributed by atoms with Gasteiger partial charge in [0.2, 0.25) is 5.91 Å². The summed E-state index contributed by atoms with van der Waals surface area (Å²) in [6.07, 6.45) is 1.92. The molecule has 2 atom stereocenters. The summed E-state index contributed by atoms with van der Waals surface area (Å²) in [6, 6.07) is 6.58. The maximum atomic E-state index is 13.3. The predicted octanol–water partition coefficient (Wildman–Crippen LogP) is 1.83. The van der Waals surface area contributed by atoms with Crippen LogP contribution in [0, 0.1) is 0 Å². The smallest absolute Gasteiger partial charge is 0.407 e. The molecule has 0 spiro atoms. The highest BCUT2D eigenvalue weighted by Gasteiger charge is 2.44. The summed E-state index contributed by atoms with van der Waals surface area (Å²) in [4.78, 5) is 63.5. The highest BCUT2D eigenvalue weighted by Crippen LogP contribution is 2.32. The van der Waals surface area contributed by atoms with Gasteiger partial charge in [-0.3, -0.25) is 9.59 Å².